The Kier molecular flexibility index (Phi) is 1.70. The van der Waals surface area contributed by atoms with Gasteiger partial charge in [-0.25, -0.2) is 0 Å². The van der Waals surface area contributed by atoms with Crippen molar-refractivity contribution in [1.82, 2.24) is 0 Å². The lowest BCUT2D eigenvalue weighted by molar-refractivity contribution is -0.140. The van der Waals surface area contributed by atoms with Crippen LogP contribution in [0.1, 0.15) is 20.3 Å². The molecule has 1 unspecified atom stereocenters. The summed E-state index contributed by atoms with van der Waals surface area (Å²) in [7, 11) is 0. The highest BCUT2D eigenvalue weighted by atomic mass is 32.2. The summed E-state index contributed by atoms with van der Waals surface area (Å²) in [6, 6.07) is 0. The number of carbonyl (C=O) groups is 1. The quantitative estimate of drug-likeness (QED) is 0.526. The van der Waals surface area contributed by atoms with Crippen molar-refractivity contribution in [2.45, 2.75) is 20.3 Å². The summed E-state index contributed by atoms with van der Waals surface area (Å²) in [6.07, 6.45) is 0.874. The zero-order valence-electron chi connectivity index (χ0n) is 5.64. The minimum absolute atomic E-state index is 0.0602. The Morgan fingerprint density at radius 1 is 1.89 bits per heavy atom. The van der Waals surface area contributed by atoms with Crippen LogP contribution in [0.2, 0.25) is 0 Å². The van der Waals surface area contributed by atoms with Crippen molar-refractivity contribution in [2.24, 2.45) is 5.41 Å². The van der Waals surface area contributed by atoms with Crippen molar-refractivity contribution >= 4 is 18.0 Å². The third-order valence-corrected chi connectivity index (χ3v) is 2.81. The number of carbonyl (C=O) groups excluding carboxylic acids is 1. The van der Waals surface area contributed by atoms with Gasteiger partial charge in [0.15, 0.2) is 0 Å². The molecule has 1 saturated heterocycles. The van der Waals surface area contributed by atoms with E-state index in [4.69, 9.17) is 4.18 Å². The van der Waals surface area contributed by atoms with Crippen LogP contribution in [0, 0.1) is 5.41 Å². The van der Waals surface area contributed by atoms with Crippen LogP contribution >= 0.6 is 12.0 Å². The monoisotopic (exact) mass is 146 g/mol. The van der Waals surface area contributed by atoms with Gasteiger partial charge in [0.1, 0.15) is 0 Å². The van der Waals surface area contributed by atoms with Crippen molar-refractivity contribution < 1.29 is 8.98 Å². The Morgan fingerprint density at radius 3 is 2.78 bits per heavy atom. The van der Waals surface area contributed by atoms with E-state index in [1.165, 1.54) is 12.0 Å². The van der Waals surface area contributed by atoms with Crippen LogP contribution in [-0.2, 0) is 8.98 Å². The molecule has 0 N–H and O–H groups in total. The van der Waals surface area contributed by atoms with E-state index in [1.54, 1.807) is 0 Å². The zero-order valence-corrected chi connectivity index (χ0v) is 6.46. The third kappa shape index (κ3) is 1.06. The first-order valence-corrected chi connectivity index (χ1v) is 3.94. The molecule has 52 valence electrons. The van der Waals surface area contributed by atoms with Crippen molar-refractivity contribution in [1.29, 1.82) is 0 Å². The lowest BCUT2D eigenvalue weighted by atomic mass is 9.91. The second-order valence-corrected chi connectivity index (χ2v) is 3.24. The molecular weight excluding hydrogens is 136 g/mol. The summed E-state index contributed by atoms with van der Waals surface area (Å²) in [5, 5.41) is 0. The lowest BCUT2D eigenvalue weighted by Crippen LogP contribution is -2.23. The summed E-state index contributed by atoms with van der Waals surface area (Å²) in [4.78, 5) is 10.9. The average Bonchev–Trinajstić information content (AvgIpc) is 2.15. The Labute approximate surface area is 59.2 Å². The zero-order chi connectivity index (χ0) is 6.91. The second kappa shape index (κ2) is 2.21. The van der Waals surface area contributed by atoms with Gasteiger partial charge in [-0.15, -0.1) is 0 Å². The molecule has 1 rings (SSSR count). The van der Waals surface area contributed by atoms with Gasteiger partial charge in [0.2, 0.25) is 0 Å². The smallest absolute Gasteiger partial charge is 0.324 e. The van der Waals surface area contributed by atoms with E-state index in [0.29, 0.717) is 0 Å². The van der Waals surface area contributed by atoms with E-state index in [1.807, 2.05) is 13.8 Å². The van der Waals surface area contributed by atoms with Gasteiger partial charge in [0, 0.05) is 5.75 Å². The van der Waals surface area contributed by atoms with Crippen LogP contribution in [0.25, 0.3) is 0 Å². The number of hydrogen-bond acceptors (Lipinski definition) is 3. The molecule has 3 heteroatoms. The summed E-state index contributed by atoms with van der Waals surface area (Å²) in [5.74, 6) is 0.748. The summed E-state index contributed by atoms with van der Waals surface area (Å²) in [5.41, 5.74) is -0.204. The first-order chi connectivity index (χ1) is 4.19. The van der Waals surface area contributed by atoms with Gasteiger partial charge in [-0.05, 0) is 13.3 Å². The highest BCUT2D eigenvalue weighted by Crippen LogP contribution is 2.35. The van der Waals surface area contributed by atoms with E-state index in [9.17, 15) is 4.79 Å². The first kappa shape index (κ1) is 6.93. The standard InChI is InChI=1S/C6H10O2S/c1-3-6(2)4-9-8-5(6)7/h3-4H2,1-2H3. The largest absolute Gasteiger partial charge is 0.391 e. The second-order valence-electron chi connectivity index (χ2n) is 2.55. The Morgan fingerprint density at radius 2 is 2.56 bits per heavy atom. The maximum Gasteiger partial charge on any atom is 0.324 e. The van der Waals surface area contributed by atoms with Gasteiger partial charge in [0.25, 0.3) is 0 Å². The van der Waals surface area contributed by atoms with Gasteiger partial charge in [-0.3, -0.25) is 4.79 Å². The molecule has 1 heterocycles. The summed E-state index contributed by atoms with van der Waals surface area (Å²) in [6.45, 7) is 3.95. The van der Waals surface area contributed by atoms with Gasteiger partial charge in [-0.2, -0.15) is 0 Å². The molecule has 0 aromatic rings. The molecule has 1 atom stereocenters. The normalized spacial score (nSPS) is 34.7. The molecule has 1 aliphatic rings. The highest BCUT2D eigenvalue weighted by Gasteiger charge is 2.39. The van der Waals surface area contributed by atoms with E-state index in [-0.39, 0.29) is 11.4 Å². The lowest BCUT2D eigenvalue weighted by Gasteiger charge is -2.12. The van der Waals surface area contributed by atoms with Crippen LogP contribution in [-0.4, -0.2) is 11.7 Å². The molecule has 2 nitrogen and oxygen atoms in total. The van der Waals surface area contributed by atoms with Crippen molar-refractivity contribution in [3.8, 4) is 0 Å². The molecule has 0 aliphatic carbocycles. The fourth-order valence-corrected chi connectivity index (χ4v) is 1.57. The molecule has 0 aromatic carbocycles. The first-order valence-electron chi connectivity index (χ1n) is 3.03. The van der Waals surface area contributed by atoms with Crippen LogP contribution < -0.4 is 0 Å². The van der Waals surface area contributed by atoms with Gasteiger partial charge < -0.3 is 4.18 Å². The van der Waals surface area contributed by atoms with Crippen molar-refractivity contribution in [3.63, 3.8) is 0 Å². The van der Waals surface area contributed by atoms with E-state index < -0.39 is 0 Å². The number of hydrogen-bond donors (Lipinski definition) is 0. The molecule has 0 spiro atoms. The van der Waals surface area contributed by atoms with Crippen LogP contribution in [0.3, 0.4) is 0 Å². The van der Waals surface area contributed by atoms with Crippen LogP contribution in [0.5, 0.6) is 0 Å². The fraction of sp³-hybridized carbons (Fsp3) is 0.833. The van der Waals surface area contributed by atoms with Gasteiger partial charge in [-0.1, -0.05) is 6.92 Å². The summed E-state index contributed by atoms with van der Waals surface area (Å²) < 4.78 is 4.74. The Hall–Kier alpha value is -0.180. The van der Waals surface area contributed by atoms with E-state index in [0.717, 1.165) is 12.2 Å². The van der Waals surface area contributed by atoms with Crippen LogP contribution in [0.15, 0.2) is 0 Å². The van der Waals surface area contributed by atoms with E-state index in [2.05, 4.69) is 0 Å². The van der Waals surface area contributed by atoms with Crippen LogP contribution in [0.4, 0.5) is 0 Å². The molecule has 0 amide bonds. The van der Waals surface area contributed by atoms with Crippen molar-refractivity contribution in [3.05, 3.63) is 0 Å². The maximum absolute atomic E-state index is 10.9. The molecule has 0 bridgehead atoms. The molecule has 0 aromatic heterocycles. The molecule has 9 heavy (non-hydrogen) atoms. The molecule has 1 aliphatic heterocycles. The Bertz CT molecular complexity index is 135. The fourth-order valence-electron chi connectivity index (χ4n) is 0.619. The highest BCUT2D eigenvalue weighted by molar-refractivity contribution is 7.95. The average molecular weight is 146 g/mol. The predicted molar refractivity (Wildman–Crippen MR) is 36.9 cm³/mol. The molecule has 0 saturated carbocycles. The molecule has 0 radical (unpaired) electrons. The molecular formula is C6H10O2S. The minimum Gasteiger partial charge on any atom is -0.391 e. The topological polar surface area (TPSA) is 26.3 Å². The maximum atomic E-state index is 10.9. The third-order valence-electron chi connectivity index (χ3n) is 1.79. The SMILES string of the molecule is CCC1(C)CSOC1=O. The van der Waals surface area contributed by atoms with Gasteiger partial charge >= 0.3 is 5.97 Å². The van der Waals surface area contributed by atoms with E-state index >= 15 is 0 Å². The van der Waals surface area contributed by atoms with Crippen molar-refractivity contribution in [2.75, 3.05) is 5.75 Å². The van der Waals surface area contributed by atoms with Gasteiger partial charge in [0.05, 0.1) is 17.5 Å². The Balaban J connectivity index is 2.67. The predicted octanol–water partition coefficient (Wildman–Crippen LogP) is 1.61. The minimum atomic E-state index is -0.204. The molecule has 1 fully saturated rings. The summed E-state index contributed by atoms with van der Waals surface area (Å²) >= 11 is 1.26. The number of rotatable bonds is 1.